The van der Waals surface area contributed by atoms with E-state index in [-0.39, 0.29) is 0 Å². The van der Waals surface area contributed by atoms with Crippen LogP contribution in [0.2, 0.25) is 0 Å². The number of rotatable bonds is 2. The average molecular weight is 135 g/mol. The van der Waals surface area contributed by atoms with E-state index < -0.39 is 0 Å². The Morgan fingerprint density at radius 2 is 2.43 bits per heavy atom. The smallest absolute Gasteiger partial charge is 0.0614 e. The zero-order valence-corrected chi connectivity index (χ0v) is 5.94. The monoisotopic (exact) mass is 135 g/mol. The van der Waals surface area contributed by atoms with Crippen LogP contribution in [0.25, 0.3) is 0 Å². The van der Waals surface area contributed by atoms with Crippen molar-refractivity contribution in [2.24, 2.45) is 5.73 Å². The van der Waals surface area contributed by atoms with Gasteiger partial charge in [-0.1, -0.05) is 19.1 Å². The van der Waals surface area contributed by atoms with Crippen molar-refractivity contribution in [3.8, 4) is 0 Å². The van der Waals surface area contributed by atoms with Gasteiger partial charge in [-0.2, -0.15) is 0 Å². The first-order chi connectivity index (χ1) is 3.31. The van der Waals surface area contributed by atoms with Crippen molar-refractivity contribution < 1.29 is 0 Å². The molecule has 0 atom stereocenters. The largest absolute Gasteiger partial charge is 0.325 e. The number of nitrogens with two attached hydrogens (primary N) is 1. The van der Waals surface area contributed by atoms with E-state index in [2.05, 4.69) is 6.92 Å². The Bertz CT molecular complexity index is 62.7. The lowest BCUT2D eigenvalue weighted by molar-refractivity contribution is 1.35. The summed E-state index contributed by atoms with van der Waals surface area (Å²) in [5.74, 6) is 1.04. The number of thioether (sulfide) groups is 1. The number of hydrogen-bond donors (Lipinski definition) is 1. The van der Waals surface area contributed by atoms with Gasteiger partial charge < -0.3 is 5.73 Å². The Morgan fingerprint density at radius 3 is 2.57 bits per heavy atom. The fraction of sp³-hybridized carbons (Fsp3) is 0.750. The third-order valence-corrected chi connectivity index (χ3v) is 1.77. The van der Waals surface area contributed by atoms with E-state index in [1.54, 1.807) is 11.8 Å². The number of thiocarbonyl (C=S) groups is 1. The molecular formula is C4H9NS2. The number of hydrogen-bond acceptors (Lipinski definition) is 3. The third kappa shape index (κ3) is 4.25. The van der Waals surface area contributed by atoms with E-state index >= 15 is 0 Å². The molecule has 7 heavy (non-hydrogen) atoms. The molecule has 0 bridgehead atoms. The molecule has 0 saturated carbocycles. The SMILES string of the molecule is CCSC(=S)CN. The summed E-state index contributed by atoms with van der Waals surface area (Å²) in [6, 6.07) is 0. The van der Waals surface area contributed by atoms with E-state index in [0.717, 1.165) is 9.95 Å². The average Bonchev–Trinajstić information content (AvgIpc) is 1.68. The maximum absolute atomic E-state index is 5.20. The molecule has 0 heterocycles. The van der Waals surface area contributed by atoms with Crippen molar-refractivity contribution >= 4 is 28.2 Å². The maximum Gasteiger partial charge on any atom is 0.0614 e. The van der Waals surface area contributed by atoms with Crippen LogP contribution in [0, 0.1) is 0 Å². The van der Waals surface area contributed by atoms with Crippen molar-refractivity contribution in [2.45, 2.75) is 6.92 Å². The molecule has 42 valence electrons. The highest BCUT2D eigenvalue weighted by atomic mass is 32.2. The van der Waals surface area contributed by atoms with Gasteiger partial charge in [-0.25, -0.2) is 0 Å². The lowest BCUT2D eigenvalue weighted by atomic mass is 10.8. The summed E-state index contributed by atoms with van der Waals surface area (Å²) in [4.78, 5) is 0. The minimum Gasteiger partial charge on any atom is -0.325 e. The Balaban J connectivity index is 3.00. The first kappa shape index (κ1) is 7.40. The van der Waals surface area contributed by atoms with E-state index in [1.165, 1.54) is 0 Å². The highest BCUT2D eigenvalue weighted by Gasteiger charge is 1.86. The van der Waals surface area contributed by atoms with Crippen LogP contribution < -0.4 is 5.73 Å². The molecule has 0 radical (unpaired) electrons. The molecule has 0 amide bonds. The van der Waals surface area contributed by atoms with E-state index in [0.29, 0.717) is 6.54 Å². The van der Waals surface area contributed by atoms with Crippen molar-refractivity contribution in [1.29, 1.82) is 0 Å². The van der Waals surface area contributed by atoms with Gasteiger partial charge in [0.25, 0.3) is 0 Å². The van der Waals surface area contributed by atoms with Crippen LogP contribution in [0.5, 0.6) is 0 Å². The van der Waals surface area contributed by atoms with Crippen LogP contribution in [0.3, 0.4) is 0 Å². The lowest BCUT2D eigenvalue weighted by Crippen LogP contribution is -2.06. The summed E-state index contributed by atoms with van der Waals surface area (Å²) < 4.78 is 0.905. The minimum absolute atomic E-state index is 0.536. The molecule has 2 N–H and O–H groups in total. The molecule has 0 rings (SSSR count). The van der Waals surface area contributed by atoms with Gasteiger partial charge in [0.15, 0.2) is 0 Å². The summed E-state index contributed by atoms with van der Waals surface area (Å²) in [6.07, 6.45) is 0. The second-order valence-electron chi connectivity index (χ2n) is 1.01. The van der Waals surface area contributed by atoms with Crippen LogP contribution >= 0.6 is 24.0 Å². The van der Waals surface area contributed by atoms with Gasteiger partial charge in [-0.05, 0) is 5.75 Å². The van der Waals surface area contributed by atoms with Crippen LogP contribution in [-0.2, 0) is 0 Å². The predicted octanol–water partition coefficient (Wildman–Crippen LogP) is 1.03. The van der Waals surface area contributed by atoms with Crippen LogP contribution in [0.4, 0.5) is 0 Å². The lowest BCUT2D eigenvalue weighted by Gasteiger charge is -1.91. The molecule has 1 nitrogen and oxygen atoms in total. The quantitative estimate of drug-likeness (QED) is 0.573. The summed E-state index contributed by atoms with van der Waals surface area (Å²) in [5, 5.41) is 0. The minimum atomic E-state index is 0.536. The Labute approximate surface area is 53.7 Å². The van der Waals surface area contributed by atoms with Gasteiger partial charge in [0.05, 0.1) is 4.20 Å². The van der Waals surface area contributed by atoms with Gasteiger partial charge in [0, 0.05) is 6.54 Å². The summed E-state index contributed by atoms with van der Waals surface area (Å²) in [5.41, 5.74) is 5.20. The molecule has 3 heteroatoms. The first-order valence-corrected chi connectivity index (χ1v) is 3.56. The topological polar surface area (TPSA) is 26.0 Å². The molecular weight excluding hydrogens is 126 g/mol. The Hall–Kier alpha value is 0.400. The van der Waals surface area contributed by atoms with Crippen LogP contribution in [-0.4, -0.2) is 16.5 Å². The molecule has 0 aromatic heterocycles. The van der Waals surface area contributed by atoms with Gasteiger partial charge in [0.2, 0.25) is 0 Å². The van der Waals surface area contributed by atoms with Crippen molar-refractivity contribution in [3.05, 3.63) is 0 Å². The highest BCUT2D eigenvalue weighted by molar-refractivity contribution is 8.23. The summed E-state index contributed by atoms with van der Waals surface area (Å²) in [7, 11) is 0. The third-order valence-electron chi connectivity index (χ3n) is 0.472. The molecule has 0 spiro atoms. The van der Waals surface area contributed by atoms with E-state index in [1.807, 2.05) is 0 Å². The highest BCUT2D eigenvalue weighted by Crippen LogP contribution is 1.99. The molecule has 0 fully saturated rings. The molecule has 0 aliphatic rings. The Kier molecular flexibility index (Phi) is 4.82. The normalized spacial score (nSPS) is 8.86. The standard InChI is InChI=1S/C4H9NS2/c1-2-7-4(6)3-5/h2-3,5H2,1H3. The predicted molar refractivity (Wildman–Crippen MR) is 39.8 cm³/mol. The summed E-state index contributed by atoms with van der Waals surface area (Å²) in [6.45, 7) is 2.60. The fourth-order valence-electron chi connectivity index (χ4n) is 0.220. The van der Waals surface area contributed by atoms with Crippen LogP contribution in [0.1, 0.15) is 6.92 Å². The second kappa shape index (κ2) is 4.56. The van der Waals surface area contributed by atoms with E-state index in [9.17, 15) is 0 Å². The Morgan fingerprint density at radius 1 is 1.86 bits per heavy atom. The molecule has 0 aromatic carbocycles. The molecule has 0 unspecified atom stereocenters. The van der Waals surface area contributed by atoms with Gasteiger partial charge >= 0.3 is 0 Å². The molecule has 0 aromatic rings. The molecule has 0 aliphatic heterocycles. The second-order valence-corrected chi connectivity index (χ2v) is 3.12. The van der Waals surface area contributed by atoms with Crippen molar-refractivity contribution in [3.63, 3.8) is 0 Å². The van der Waals surface area contributed by atoms with Crippen molar-refractivity contribution in [1.82, 2.24) is 0 Å². The molecule has 0 aliphatic carbocycles. The van der Waals surface area contributed by atoms with E-state index in [4.69, 9.17) is 18.0 Å². The van der Waals surface area contributed by atoms with Crippen LogP contribution in [0.15, 0.2) is 0 Å². The summed E-state index contributed by atoms with van der Waals surface area (Å²) >= 11 is 6.43. The fourth-order valence-corrected chi connectivity index (χ4v) is 1.01. The molecule has 0 saturated heterocycles. The zero-order valence-electron chi connectivity index (χ0n) is 4.31. The zero-order chi connectivity index (χ0) is 5.70. The van der Waals surface area contributed by atoms with Gasteiger partial charge in [0.1, 0.15) is 0 Å². The van der Waals surface area contributed by atoms with Gasteiger partial charge in [-0.15, -0.1) is 11.8 Å². The van der Waals surface area contributed by atoms with Gasteiger partial charge in [-0.3, -0.25) is 0 Å². The maximum atomic E-state index is 5.20. The first-order valence-electron chi connectivity index (χ1n) is 2.17. The van der Waals surface area contributed by atoms with Crippen molar-refractivity contribution in [2.75, 3.05) is 12.3 Å².